The molecular formula is C14H19NO3. The fraction of sp³-hybridized carbons (Fsp3) is 0.429. The number of carboxylic acids is 1. The van der Waals surface area contributed by atoms with E-state index in [-0.39, 0.29) is 12.2 Å². The van der Waals surface area contributed by atoms with E-state index in [0.717, 1.165) is 5.56 Å². The van der Waals surface area contributed by atoms with Gasteiger partial charge < -0.3 is 10.4 Å². The van der Waals surface area contributed by atoms with E-state index in [1.807, 2.05) is 12.1 Å². The molecule has 0 saturated heterocycles. The Balaban J connectivity index is 2.85. The van der Waals surface area contributed by atoms with Crippen molar-refractivity contribution < 1.29 is 14.7 Å². The molecule has 0 amide bonds. The molecule has 0 spiro atoms. The minimum Gasteiger partial charge on any atom is -0.481 e. The van der Waals surface area contributed by atoms with Gasteiger partial charge in [-0.25, -0.2) is 0 Å². The summed E-state index contributed by atoms with van der Waals surface area (Å²) in [6.07, 6.45) is -0.207. The number of rotatable bonds is 6. The van der Waals surface area contributed by atoms with E-state index in [0.29, 0.717) is 11.5 Å². The van der Waals surface area contributed by atoms with Gasteiger partial charge in [-0.05, 0) is 18.5 Å². The third-order valence-corrected chi connectivity index (χ3v) is 2.91. The lowest BCUT2D eigenvalue weighted by Gasteiger charge is -2.13. The van der Waals surface area contributed by atoms with Crippen LogP contribution in [0.4, 0.5) is 0 Å². The van der Waals surface area contributed by atoms with Crippen LogP contribution in [-0.2, 0) is 4.79 Å². The van der Waals surface area contributed by atoms with Gasteiger partial charge in [-0.2, -0.15) is 0 Å². The molecule has 0 heterocycles. The zero-order chi connectivity index (χ0) is 13.7. The predicted molar refractivity (Wildman–Crippen MR) is 70.0 cm³/mol. The standard InChI is InChI=1S/C14H19NO3/c1-9(2)10-4-6-11(7-5-10)14(18)12(15-3)8-13(16)17/h4-7,9,12,15H,8H2,1-3H3,(H,16,17). The van der Waals surface area contributed by atoms with Crippen molar-refractivity contribution in [1.29, 1.82) is 0 Å². The first kappa shape index (κ1) is 14.4. The van der Waals surface area contributed by atoms with Gasteiger partial charge >= 0.3 is 5.97 Å². The van der Waals surface area contributed by atoms with Crippen LogP contribution < -0.4 is 5.32 Å². The molecule has 0 aliphatic carbocycles. The van der Waals surface area contributed by atoms with Crippen molar-refractivity contribution in [3.63, 3.8) is 0 Å². The van der Waals surface area contributed by atoms with Gasteiger partial charge in [-0.15, -0.1) is 0 Å². The number of aliphatic carboxylic acids is 1. The lowest BCUT2D eigenvalue weighted by atomic mass is 9.97. The summed E-state index contributed by atoms with van der Waals surface area (Å²) >= 11 is 0. The maximum atomic E-state index is 12.1. The second-order valence-corrected chi connectivity index (χ2v) is 4.58. The van der Waals surface area contributed by atoms with Crippen molar-refractivity contribution in [2.24, 2.45) is 0 Å². The Labute approximate surface area is 107 Å². The largest absolute Gasteiger partial charge is 0.481 e. The molecule has 1 atom stereocenters. The van der Waals surface area contributed by atoms with Gasteiger partial charge in [0.15, 0.2) is 5.78 Å². The minimum atomic E-state index is -0.985. The number of carboxylic acid groups (broad SMARTS) is 1. The highest BCUT2D eigenvalue weighted by Crippen LogP contribution is 2.16. The van der Waals surface area contributed by atoms with Crippen LogP contribution in [0.1, 0.15) is 42.1 Å². The van der Waals surface area contributed by atoms with Crippen molar-refractivity contribution in [2.75, 3.05) is 7.05 Å². The molecule has 0 saturated carbocycles. The number of hydrogen-bond donors (Lipinski definition) is 2. The SMILES string of the molecule is CNC(CC(=O)O)C(=O)c1ccc(C(C)C)cc1. The van der Waals surface area contributed by atoms with E-state index in [2.05, 4.69) is 19.2 Å². The van der Waals surface area contributed by atoms with Crippen LogP contribution in [0, 0.1) is 0 Å². The Morgan fingerprint density at radius 2 is 1.78 bits per heavy atom. The summed E-state index contributed by atoms with van der Waals surface area (Å²) in [5.41, 5.74) is 1.70. The smallest absolute Gasteiger partial charge is 0.305 e. The average molecular weight is 249 g/mol. The van der Waals surface area contributed by atoms with Gasteiger partial charge in [-0.1, -0.05) is 38.1 Å². The normalized spacial score (nSPS) is 12.4. The van der Waals surface area contributed by atoms with Gasteiger partial charge in [0, 0.05) is 5.56 Å². The third-order valence-electron chi connectivity index (χ3n) is 2.91. The van der Waals surface area contributed by atoms with E-state index >= 15 is 0 Å². The minimum absolute atomic E-state index is 0.185. The fourth-order valence-electron chi connectivity index (χ4n) is 1.73. The van der Waals surface area contributed by atoms with Crippen LogP contribution >= 0.6 is 0 Å². The maximum Gasteiger partial charge on any atom is 0.305 e. The molecule has 18 heavy (non-hydrogen) atoms. The summed E-state index contributed by atoms with van der Waals surface area (Å²) in [4.78, 5) is 22.7. The highest BCUT2D eigenvalue weighted by molar-refractivity contribution is 6.01. The third kappa shape index (κ3) is 3.67. The van der Waals surface area contributed by atoms with Crippen LogP contribution in [0.3, 0.4) is 0 Å². The topological polar surface area (TPSA) is 66.4 Å². The summed E-state index contributed by atoms with van der Waals surface area (Å²) < 4.78 is 0. The Morgan fingerprint density at radius 3 is 2.17 bits per heavy atom. The zero-order valence-electron chi connectivity index (χ0n) is 10.9. The van der Waals surface area contributed by atoms with Gasteiger partial charge in [0.25, 0.3) is 0 Å². The summed E-state index contributed by atoms with van der Waals surface area (Å²) in [6.45, 7) is 4.16. The summed E-state index contributed by atoms with van der Waals surface area (Å²) in [5, 5.41) is 11.5. The van der Waals surface area contributed by atoms with Crippen LogP contribution in [0.2, 0.25) is 0 Å². The molecule has 1 aromatic rings. The van der Waals surface area contributed by atoms with Crippen molar-refractivity contribution in [2.45, 2.75) is 32.2 Å². The number of Topliss-reactive ketones (excluding diaryl/α,β-unsaturated/α-hetero) is 1. The molecule has 0 bridgehead atoms. The zero-order valence-corrected chi connectivity index (χ0v) is 10.9. The molecule has 0 fully saturated rings. The molecule has 0 aliphatic heterocycles. The second kappa shape index (κ2) is 6.31. The second-order valence-electron chi connectivity index (χ2n) is 4.58. The average Bonchev–Trinajstić information content (AvgIpc) is 2.35. The Hall–Kier alpha value is -1.68. The first-order chi connectivity index (χ1) is 8.45. The molecule has 98 valence electrons. The van der Waals surface area contributed by atoms with Gasteiger partial charge in [0.05, 0.1) is 12.5 Å². The fourth-order valence-corrected chi connectivity index (χ4v) is 1.73. The van der Waals surface area contributed by atoms with Crippen LogP contribution in [0.25, 0.3) is 0 Å². The van der Waals surface area contributed by atoms with E-state index < -0.39 is 12.0 Å². The van der Waals surface area contributed by atoms with Crippen LogP contribution in [-0.4, -0.2) is 29.9 Å². The van der Waals surface area contributed by atoms with E-state index in [1.165, 1.54) is 0 Å². The van der Waals surface area contributed by atoms with Gasteiger partial charge in [0.1, 0.15) is 0 Å². The van der Waals surface area contributed by atoms with E-state index in [9.17, 15) is 9.59 Å². The predicted octanol–water partition coefficient (Wildman–Crippen LogP) is 2.06. The van der Waals surface area contributed by atoms with Crippen molar-refractivity contribution in [3.05, 3.63) is 35.4 Å². The van der Waals surface area contributed by atoms with Crippen molar-refractivity contribution in [1.82, 2.24) is 5.32 Å². The van der Waals surface area contributed by atoms with Crippen molar-refractivity contribution in [3.8, 4) is 0 Å². The van der Waals surface area contributed by atoms with E-state index in [4.69, 9.17) is 5.11 Å². The Morgan fingerprint density at radius 1 is 1.22 bits per heavy atom. The Kier molecular flexibility index (Phi) is 5.04. The maximum absolute atomic E-state index is 12.1. The first-order valence-corrected chi connectivity index (χ1v) is 5.99. The lowest BCUT2D eigenvalue weighted by molar-refractivity contribution is -0.137. The molecule has 0 aromatic heterocycles. The van der Waals surface area contributed by atoms with Gasteiger partial charge in [-0.3, -0.25) is 9.59 Å². The summed E-state index contributed by atoms with van der Waals surface area (Å²) in [7, 11) is 1.59. The monoisotopic (exact) mass is 249 g/mol. The molecule has 4 heteroatoms. The molecule has 1 unspecified atom stereocenters. The number of ketones is 1. The van der Waals surface area contributed by atoms with Crippen LogP contribution in [0.15, 0.2) is 24.3 Å². The quantitative estimate of drug-likeness (QED) is 0.757. The summed E-state index contributed by atoms with van der Waals surface area (Å²) in [6, 6.07) is 6.65. The van der Waals surface area contributed by atoms with Gasteiger partial charge in [0.2, 0.25) is 0 Å². The Bertz CT molecular complexity index is 423. The number of nitrogens with one attached hydrogen (secondary N) is 1. The number of hydrogen-bond acceptors (Lipinski definition) is 3. The molecule has 0 aliphatic rings. The molecule has 0 radical (unpaired) electrons. The molecule has 1 rings (SSSR count). The number of carbonyl (C=O) groups excluding carboxylic acids is 1. The molecular weight excluding hydrogens is 230 g/mol. The number of carbonyl (C=O) groups is 2. The van der Waals surface area contributed by atoms with E-state index in [1.54, 1.807) is 19.2 Å². The summed E-state index contributed by atoms with van der Waals surface area (Å²) in [5.74, 6) is -0.759. The molecule has 1 aromatic carbocycles. The van der Waals surface area contributed by atoms with Crippen molar-refractivity contribution >= 4 is 11.8 Å². The molecule has 2 N–H and O–H groups in total. The van der Waals surface area contributed by atoms with Crippen LogP contribution in [0.5, 0.6) is 0 Å². The highest BCUT2D eigenvalue weighted by Gasteiger charge is 2.21. The first-order valence-electron chi connectivity index (χ1n) is 5.99. The lowest BCUT2D eigenvalue weighted by Crippen LogP contribution is -2.36. The molecule has 4 nitrogen and oxygen atoms in total. The number of likely N-dealkylation sites (N-methyl/N-ethyl adjacent to an activating group) is 1. The number of benzene rings is 1. The highest BCUT2D eigenvalue weighted by atomic mass is 16.4.